The van der Waals surface area contributed by atoms with Gasteiger partial charge in [-0.15, -0.1) is 0 Å². The molecule has 32 nitrogen and oxygen atoms in total. The number of nitrogens with one attached hydrogen (secondary N) is 3. The van der Waals surface area contributed by atoms with Gasteiger partial charge in [0.25, 0.3) is 0 Å². The van der Waals surface area contributed by atoms with E-state index in [2.05, 4.69) is 31.7 Å². The monoisotopic (exact) mass is 1170 g/mol. The van der Waals surface area contributed by atoms with Gasteiger partial charge in [-0.05, 0) is 108 Å². The highest BCUT2D eigenvalue weighted by Crippen LogP contribution is 2.09. The fourth-order valence-corrected chi connectivity index (χ4v) is 6.46. The van der Waals surface area contributed by atoms with Crippen molar-refractivity contribution in [3.05, 3.63) is 71.8 Å². The van der Waals surface area contributed by atoms with Crippen LogP contribution < -0.4 is 73.3 Å². The van der Waals surface area contributed by atoms with Crippen LogP contribution in [0.5, 0.6) is 0 Å². The summed E-state index contributed by atoms with van der Waals surface area (Å²) in [5.74, 6) is -7.49. The van der Waals surface area contributed by atoms with Crippen LogP contribution in [0.4, 0.5) is 0 Å². The number of guanidine groups is 2. The van der Waals surface area contributed by atoms with Gasteiger partial charge in [-0.2, -0.15) is 0 Å². The van der Waals surface area contributed by atoms with Crippen molar-refractivity contribution in [1.82, 2.24) is 16.0 Å². The molecule has 0 aliphatic carbocycles. The number of rotatable bonds is 23. The molecule has 2 aromatic rings. The van der Waals surface area contributed by atoms with Crippen LogP contribution in [-0.4, -0.2) is 190 Å². The smallest absolute Gasteiger partial charge is 0.330 e. The van der Waals surface area contributed by atoms with Crippen molar-refractivity contribution in [2.24, 2.45) is 67.3 Å². The number of aliphatic carboxylic acids is 6. The maximum atomic E-state index is 11.6. The van der Waals surface area contributed by atoms with E-state index in [4.69, 9.17) is 91.7 Å². The van der Waals surface area contributed by atoms with E-state index < -0.39 is 90.0 Å². The number of carboxylic acid groups (broad SMARTS) is 6. The molecule has 8 atom stereocenters. The molecule has 5 rings (SSSR count). The standard InChI is InChI=1S/C12H16N2O4.C11H21N5O3.C9H11NO2.C6H14N4O2.2C5H9NO2.C2H5NO2/c13-9(6-8-4-2-1-3-5-8)12(17)18-7-10(14)11(15)16;12-7(3-1-6-16-11(13)14)9(17)19-10(18)8-4-2-5-15-8;10-8(9(11)12)6-7-4-2-1-3-5-7;7-4(5(11)12)2-1-3-10-6(8)9;2*7-5(8)4-2-1-3-6-4;3-1-2(4)5/h1-5,9-10H,6-7,13-14H2,(H,15,16);7-8,15H,1-6,12H2,(H4,13,14,16);1-5,8H,6,10H2,(H,11,12);4H,1-3,7H2,(H,11,12)(H4,8,9,10);2*4,6H,1-3H2,(H,7,8);1,3H2,(H,4,5)/t9-,10-;7-,8-;8-;3*4-;/m000000./s1. The molecule has 3 heterocycles. The number of nitrogens with two attached hydrogens (primary N) is 10. The summed E-state index contributed by atoms with van der Waals surface area (Å²) in [5.41, 5.74) is 53.9. The zero-order valence-corrected chi connectivity index (χ0v) is 45.7. The number of hydrogen-bond donors (Lipinski definition) is 19. The number of ether oxygens (including phenoxy) is 2. The number of carboxylic acids is 6. The van der Waals surface area contributed by atoms with Gasteiger partial charge in [0.15, 0.2) is 11.9 Å². The molecular weight excluding hydrogens is 1080 g/mol. The SMILES string of the molecule is NC(N)=NCCC[C@H](N)C(=O)O.NC(N)=NCCC[C@H](N)C(=O)OC(=O)[C@@H]1CCCN1.NCC(=O)O.N[C@@H](COC(=O)[C@@H](N)Cc1ccccc1)C(=O)O.N[C@@H](Cc1ccccc1)C(=O)O.O=C(O)[C@@H]1CCCN1.O=C(O)[C@@H]1CCCN1. The van der Waals surface area contributed by atoms with Crippen LogP contribution in [0.25, 0.3) is 0 Å². The van der Waals surface area contributed by atoms with Crippen molar-refractivity contribution in [2.45, 2.75) is 125 Å². The van der Waals surface area contributed by atoms with Gasteiger partial charge in [0.1, 0.15) is 54.9 Å². The van der Waals surface area contributed by atoms with Crippen LogP contribution >= 0.6 is 0 Å². The first kappa shape index (κ1) is 76.1. The van der Waals surface area contributed by atoms with Gasteiger partial charge in [-0.3, -0.25) is 43.5 Å². The summed E-state index contributed by atoms with van der Waals surface area (Å²) in [4.78, 5) is 103. The first-order valence-electron chi connectivity index (χ1n) is 25.8. The lowest BCUT2D eigenvalue weighted by Gasteiger charge is -2.13. The number of aliphatic imine (C=N–C) groups is 2. The first-order valence-corrected chi connectivity index (χ1v) is 25.8. The Hall–Kier alpha value is -7.95. The lowest BCUT2D eigenvalue weighted by atomic mass is 10.1. The van der Waals surface area contributed by atoms with Crippen molar-refractivity contribution in [2.75, 3.05) is 45.9 Å². The molecule has 0 amide bonds. The summed E-state index contributed by atoms with van der Waals surface area (Å²) < 4.78 is 9.45. The molecule has 0 spiro atoms. The molecule has 3 aliphatic heterocycles. The van der Waals surface area contributed by atoms with Crippen LogP contribution in [0.1, 0.15) is 75.3 Å². The fraction of sp³-hybridized carbons (Fsp3) is 0.540. The van der Waals surface area contributed by atoms with Crippen molar-refractivity contribution >= 4 is 65.6 Å². The second kappa shape index (κ2) is 45.7. The number of benzene rings is 2. The highest BCUT2D eigenvalue weighted by atomic mass is 16.6. The lowest BCUT2D eigenvalue weighted by Crippen LogP contribution is -2.40. The molecule has 3 saturated heterocycles. The van der Waals surface area contributed by atoms with Gasteiger partial charge in [0.05, 0.1) is 6.54 Å². The Kier molecular flexibility index (Phi) is 42.5. The predicted molar refractivity (Wildman–Crippen MR) is 300 cm³/mol. The number of hydrogen-bond acceptors (Lipinski definition) is 22. The number of carbonyl (C=O) groups is 9. The molecule has 3 fully saturated rings. The Morgan fingerprint density at radius 2 is 0.878 bits per heavy atom. The van der Waals surface area contributed by atoms with E-state index in [-0.39, 0.29) is 37.2 Å². The average molecular weight is 1170 g/mol. The summed E-state index contributed by atoms with van der Waals surface area (Å²) in [7, 11) is 0. The zero-order valence-electron chi connectivity index (χ0n) is 45.7. The molecule has 462 valence electrons. The summed E-state index contributed by atoms with van der Waals surface area (Å²) in [6.07, 6.45) is 7.74. The van der Waals surface area contributed by atoms with Crippen LogP contribution in [-0.2, 0) is 65.5 Å². The third-order valence-electron chi connectivity index (χ3n) is 10.9. The van der Waals surface area contributed by atoms with E-state index in [1.54, 1.807) is 0 Å². The van der Waals surface area contributed by atoms with Crippen LogP contribution in [0.3, 0.4) is 0 Å². The van der Waals surface area contributed by atoms with Gasteiger partial charge in [-0.25, -0.2) is 9.59 Å². The minimum atomic E-state index is -1.22. The molecule has 0 bridgehead atoms. The third kappa shape index (κ3) is 41.1. The second-order valence-corrected chi connectivity index (χ2v) is 17.9. The molecule has 82 heavy (non-hydrogen) atoms. The average Bonchev–Trinajstić information content (AvgIpc) is 4.29. The predicted octanol–water partition coefficient (Wildman–Crippen LogP) is -4.53. The molecule has 2 aromatic carbocycles. The van der Waals surface area contributed by atoms with E-state index >= 15 is 0 Å². The summed E-state index contributed by atoms with van der Waals surface area (Å²) in [6.45, 7) is 2.63. The Balaban J connectivity index is 0. The molecule has 29 N–H and O–H groups in total. The summed E-state index contributed by atoms with van der Waals surface area (Å²) >= 11 is 0. The van der Waals surface area contributed by atoms with Crippen molar-refractivity contribution < 1.29 is 83.3 Å². The van der Waals surface area contributed by atoms with Crippen LogP contribution in [0.2, 0.25) is 0 Å². The van der Waals surface area contributed by atoms with Crippen LogP contribution in [0.15, 0.2) is 70.6 Å². The Labute approximate surface area is 474 Å². The number of esters is 3. The van der Waals surface area contributed by atoms with Crippen molar-refractivity contribution in [3.63, 3.8) is 0 Å². The summed E-state index contributed by atoms with van der Waals surface area (Å²) in [5, 5.41) is 58.4. The van der Waals surface area contributed by atoms with E-state index in [9.17, 15) is 43.2 Å². The molecule has 0 saturated carbocycles. The first-order chi connectivity index (χ1) is 38.6. The Morgan fingerprint density at radius 3 is 1.20 bits per heavy atom. The lowest BCUT2D eigenvalue weighted by molar-refractivity contribution is -0.162. The third-order valence-corrected chi connectivity index (χ3v) is 10.9. The zero-order chi connectivity index (χ0) is 62.6. The maximum Gasteiger partial charge on any atom is 0.330 e. The van der Waals surface area contributed by atoms with E-state index in [0.29, 0.717) is 58.0 Å². The van der Waals surface area contributed by atoms with Gasteiger partial charge < -0.3 is 113 Å². The highest BCUT2D eigenvalue weighted by Gasteiger charge is 2.28. The van der Waals surface area contributed by atoms with Crippen LogP contribution in [0, 0.1) is 0 Å². The summed E-state index contributed by atoms with van der Waals surface area (Å²) in [6, 6.07) is 13.1. The van der Waals surface area contributed by atoms with Gasteiger partial charge in [0, 0.05) is 13.1 Å². The van der Waals surface area contributed by atoms with Crippen molar-refractivity contribution in [3.8, 4) is 0 Å². The molecule has 3 aliphatic rings. The van der Waals surface area contributed by atoms with E-state index in [1.165, 1.54) is 0 Å². The highest BCUT2D eigenvalue weighted by molar-refractivity contribution is 5.91. The quantitative estimate of drug-likeness (QED) is 0.0164. The molecule has 0 aromatic heterocycles. The fourth-order valence-electron chi connectivity index (χ4n) is 6.46. The second-order valence-electron chi connectivity index (χ2n) is 17.9. The van der Waals surface area contributed by atoms with Crippen molar-refractivity contribution in [1.29, 1.82) is 0 Å². The maximum absolute atomic E-state index is 11.6. The van der Waals surface area contributed by atoms with Gasteiger partial charge in [-0.1, -0.05) is 60.7 Å². The largest absolute Gasteiger partial charge is 0.480 e. The molecule has 0 unspecified atom stereocenters. The van der Waals surface area contributed by atoms with Gasteiger partial charge >= 0.3 is 53.7 Å². The molecular formula is C50H85N15O17. The number of nitrogens with zero attached hydrogens (tertiary/aromatic N) is 2. The normalized spacial score (nSPS) is 17.1. The van der Waals surface area contributed by atoms with E-state index in [1.807, 2.05) is 60.7 Å². The topological polar surface area (TPSA) is 614 Å². The minimum Gasteiger partial charge on any atom is -0.480 e. The van der Waals surface area contributed by atoms with Gasteiger partial charge in [0.2, 0.25) is 0 Å². The minimum absolute atomic E-state index is 0.00127. The Morgan fingerprint density at radius 1 is 0.512 bits per heavy atom. The molecule has 0 radical (unpaired) electrons. The Bertz CT molecular complexity index is 2220. The molecule has 32 heteroatoms. The number of carbonyl (C=O) groups excluding carboxylic acids is 3. The van der Waals surface area contributed by atoms with E-state index in [0.717, 1.165) is 62.9 Å².